The van der Waals surface area contributed by atoms with Gasteiger partial charge in [-0.3, -0.25) is 4.79 Å². The van der Waals surface area contributed by atoms with Crippen molar-refractivity contribution in [2.75, 3.05) is 26.8 Å². The number of likely N-dealkylation sites (tertiary alicyclic amines) is 1. The highest BCUT2D eigenvalue weighted by Gasteiger charge is 2.32. The average Bonchev–Trinajstić information content (AvgIpc) is 3.17. The van der Waals surface area contributed by atoms with Gasteiger partial charge in [-0.2, -0.15) is 0 Å². The van der Waals surface area contributed by atoms with Crippen LogP contribution in [0.2, 0.25) is 0 Å². The lowest BCUT2D eigenvalue weighted by atomic mass is 10.0. The fourth-order valence-corrected chi connectivity index (χ4v) is 3.67. The molecule has 10 heteroatoms. The van der Waals surface area contributed by atoms with Crippen molar-refractivity contribution in [1.82, 2.24) is 30.4 Å². The first-order valence-corrected chi connectivity index (χ1v) is 10.1. The van der Waals surface area contributed by atoms with Gasteiger partial charge >= 0.3 is 6.09 Å². The van der Waals surface area contributed by atoms with Crippen LogP contribution in [-0.2, 0) is 16.0 Å². The van der Waals surface area contributed by atoms with Crippen LogP contribution >= 0.6 is 0 Å². The molecular weight excluding hydrogens is 388 g/mol. The van der Waals surface area contributed by atoms with Crippen molar-refractivity contribution in [2.45, 2.75) is 45.2 Å². The maximum atomic E-state index is 13.5. The zero-order chi connectivity index (χ0) is 21.5. The van der Waals surface area contributed by atoms with Crippen molar-refractivity contribution >= 4 is 12.0 Å². The summed E-state index contributed by atoms with van der Waals surface area (Å²) in [6, 6.07) is 6.87. The van der Waals surface area contributed by atoms with Crippen molar-refractivity contribution in [1.29, 1.82) is 0 Å². The quantitative estimate of drug-likeness (QED) is 0.728. The molecule has 0 spiro atoms. The van der Waals surface area contributed by atoms with Gasteiger partial charge in [0.25, 0.3) is 0 Å². The molecule has 0 saturated carbocycles. The van der Waals surface area contributed by atoms with Crippen LogP contribution in [0.4, 0.5) is 4.79 Å². The van der Waals surface area contributed by atoms with Gasteiger partial charge in [-0.25, -0.2) is 9.48 Å². The van der Waals surface area contributed by atoms with Crippen molar-refractivity contribution < 1.29 is 19.1 Å². The maximum absolute atomic E-state index is 13.5. The largest absolute Gasteiger partial charge is 0.497 e. The molecule has 0 aliphatic carbocycles. The number of methoxy groups -OCH3 is 1. The van der Waals surface area contributed by atoms with Gasteiger partial charge in [0.15, 0.2) is 0 Å². The zero-order valence-electron chi connectivity index (χ0n) is 17.6. The molecule has 1 N–H and O–H groups in total. The SMILES string of the molecule is CCOC(=O)N[C@@H]1CCCN(C(=O)[C@H](Cc2cccc(OC)c2)n2nnnc2C)C1. The Morgan fingerprint density at radius 3 is 2.90 bits per heavy atom. The van der Waals surface area contributed by atoms with Gasteiger partial charge in [0.1, 0.15) is 17.6 Å². The molecule has 162 valence electrons. The van der Waals surface area contributed by atoms with Gasteiger partial charge in [-0.1, -0.05) is 12.1 Å². The molecule has 0 radical (unpaired) electrons. The van der Waals surface area contributed by atoms with E-state index in [-0.39, 0.29) is 11.9 Å². The van der Waals surface area contributed by atoms with Crippen LogP contribution in [0.15, 0.2) is 24.3 Å². The topological polar surface area (TPSA) is 111 Å². The molecule has 2 atom stereocenters. The van der Waals surface area contributed by atoms with Gasteiger partial charge in [-0.15, -0.1) is 5.10 Å². The van der Waals surface area contributed by atoms with E-state index >= 15 is 0 Å². The van der Waals surface area contributed by atoms with E-state index < -0.39 is 12.1 Å². The van der Waals surface area contributed by atoms with Gasteiger partial charge < -0.3 is 19.7 Å². The van der Waals surface area contributed by atoms with Crippen LogP contribution in [0, 0.1) is 6.92 Å². The monoisotopic (exact) mass is 416 g/mol. The number of nitrogens with zero attached hydrogens (tertiary/aromatic N) is 5. The Hall–Kier alpha value is -3.17. The number of aromatic nitrogens is 4. The third-order valence-electron chi connectivity index (χ3n) is 5.13. The molecular formula is C20H28N6O4. The number of tetrazole rings is 1. The number of ether oxygens (including phenoxy) is 2. The van der Waals surface area contributed by atoms with E-state index in [1.165, 1.54) is 0 Å². The minimum atomic E-state index is -0.589. The fourth-order valence-electron chi connectivity index (χ4n) is 3.67. The smallest absolute Gasteiger partial charge is 0.407 e. The van der Waals surface area contributed by atoms with Gasteiger partial charge in [-0.05, 0) is 54.8 Å². The second kappa shape index (κ2) is 10.0. The van der Waals surface area contributed by atoms with E-state index in [0.29, 0.717) is 31.9 Å². The maximum Gasteiger partial charge on any atom is 0.407 e. The molecule has 2 heterocycles. The Kier molecular flexibility index (Phi) is 7.21. The van der Waals surface area contributed by atoms with E-state index in [9.17, 15) is 9.59 Å². The molecule has 3 rings (SSSR count). The van der Waals surface area contributed by atoms with Crippen molar-refractivity contribution in [3.8, 4) is 5.75 Å². The second-order valence-corrected chi connectivity index (χ2v) is 7.23. The summed E-state index contributed by atoms with van der Waals surface area (Å²) >= 11 is 0. The summed E-state index contributed by atoms with van der Waals surface area (Å²) in [5.74, 6) is 1.21. The third kappa shape index (κ3) is 5.25. The van der Waals surface area contributed by atoms with E-state index in [4.69, 9.17) is 9.47 Å². The lowest BCUT2D eigenvalue weighted by molar-refractivity contribution is -0.136. The van der Waals surface area contributed by atoms with E-state index in [1.54, 1.807) is 30.5 Å². The van der Waals surface area contributed by atoms with E-state index in [0.717, 1.165) is 24.2 Å². The molecule has 1 aromatic carbocycles. The number of rotatable bonds is 7. The number of hydrogen-bond acceptors (Lipinski definition) is 7. The normalized spacial score (nSPS) is 17.3. The summed E-state index contributed by atoms with van der Waals surface area (Å²) in [4.78, 5) is 27.0. The second-order valence-electron chi connectivity index (χ2n) is 7.23. The minimum Gasteiger partial charge on any atom is -0.497 e. The highest BCUT2D eigenvalue weighted by Crippen LogP contribution is 2.23. The lowest BCUT2D eigenvalue weighted by Crippen LogP contribution is -2.51. The van der Waals surface area contributed by atoms with Crippen LogP contribution < -0.4 is 10.1 Å². The van der Waals surface area contributed by atoms with Gasteiger partial charge in [0.05, 0.1) is 13.7 Å². The number of hydrogen-bond donors (Lipinski definition) is 1. The molecule has 0 bridgehead atoms. The van der Waals surface area contributed by atoms with Crippen molar-refractivity contribution in [3.63, 3.8) is 0 Å². The first-order valence-electron chi connectivity index (χ1n) is 10.1. The number of carbonyl (C=O) groups excluding carboxylic acids is 2. The predicted molar refractivity (Wildman–Crippen MR) is 108 cm³/mol. The van der Waals surface area contributed by atoms with Gasteiger partial charge in [0, 0.05) is 25.6 Å². The number of piperidine rings is 1. The Labute approximate surface area is 175 Å². The number of carbonyl (C=O) groups is 2. The summed E-state index contributed by atoms with van der Waals surface area (Å²) in [7, 11) is 1.61. The lowest BCUT2D eigenvalue weighted by Gasteiger charge is -2.35. The summed E-state index contributed by atoms with van der Waals surface area (Å²) in [5, 5.41) is 14.5. The Morgan fingerprint density at radius 2 is 2.20 bits per heavy atom. The fraction of sp³-hybridized carbons (Fsp3) is 0.550. The van der Waals surface area contributed by atoms with Crippen LogP contribution in [-0.4, -0.2) is 70.0 Å². The molecule has 1 aromatic heterocycles. The first-order chi connectivity index (χ1) is 14.5. The third-order valence-corrected chi connectivity index (χ3v) is 5.13. The summed E-state index contributed by atoms with van der Waals surface area (Å²) in [6.07, 6.45) is 1.56. The van der Waals surface area contributed by atoms with E-state index in [2.05, 4.69) is 20.8 Å². The number of alkyl carbamates (subject to hydrolysis) is 1. The Balaban J connectivity index is 1.78. The van der Waals surface area contributed by atoms with Crippen LogP contribution in [0.1, 0.15) is 37.2 Å². The van der Waals surface area contributed by atoms with Gasteiger partial charge in [0.2, 0.25) is 5.91 Å². The number of amides is 2. The molecule has 1 fully saturated rings. The summed E-state index contributed by atoms with van der Waals surface area (Å²) < 4.78 is 11.8. The first kappa shape index (κ1) is 21.5. The van der Waals surface area contributed by atoms with Crippen LogP contribution in [0.3, 0.4) is 0 Å². The van der Waals surface area contributed by atoms with E-state index in [1.807, 2.05) is 24.3 Å². The Bertz CT molecular complexity index is 870. The molecule has 30 heavy (non-hydrogen) atoms. The molecule has 1 aliphatic rings. The number of aryl methyl sites for hydroxylation is 1. The Morgan fingerprint density at radius 1 is 1.37 bits per heavy atom. The van der Waals surface area contributed by atoms with Crippen LogP contribution in [0.25, 0.3) is 0 Å². The molecule has 2 aromatic rings. The molecule has 1 aliphatic heterocycles. The van der Waals surface area contributed by atoms with Crippen LogP contribution in [0.5, 0.6) is 5.75 Å². The predicted octanol–water partition coefficient (Wildman–Crippen LogP) is 1.51. The van der Waals surface area contributed by atoms with Crippen molar-refractivity contribution in [2.24, 2.45) is 0 Å². The highest BCUT2D eigenvalue weighted by molar-refractivity contribution is 5.81. The number of benzene rings is 1. The molecule has 0 unspecified atom stereocenters. The molecule has 1 saturated heterocycles. The zero-order valence-corrected chi connectivity index (χ0v) is 17.6. The molecule has 2 amide bonds. The standard InChI is InChI=1S/C20H28N6O4/c1-4-30-20(28)21-16-8-6-10-25(13-16)19(27)18(26-14(2)22-23-24-26)12-15-7-5-9-17(11-15)29-3/h5,7,9,11,16,18H,4,6,8,10,12-13H2,1-3H3,(H,21,28)/t16-,18+/m1/s1. The molecule has 10 nitrogen and oxygen atoms in total. The summed E-state index contributed by atoms with van der Waals surface area (Å²) in [5.41, 5.74) is 0.945. The van der Waals surface area contributed by atoms with Crippen molar-refractivity contribution in [3.05, 3.63) is 35.7 Å². The summed E-state index contributed by atoms with van der Waals surface area (Å²) in [6.45, 7) is 4.88. The minimum absolute atomic E-state index is 0.0800. The average molecular weight is 416 g/mol. The number of nitrogens with one attached hydrogen (secondary N) is 1. The highest BCUT2D eigenvalue weighted by atomic mass is 16.5.